The third-order valence-corrected chi connectivity index (χ3v) is 7.79. The van der Waals surface area contributed by atoms with Gasteiger partial charge in [-0.3, -0.25) is 9.59 Å². The molecule has 0 aliphatic carbocycles. The first-order chi connectivity index (χ1) is 16.0. The van der Waals surface area contributed by atoms with Crippen LogP contribution in [-0.2, 0) is 16.1 Å². The second kappa shape index (κ2) is 7.55. The highest BCUT2D eigenvalue weighted by Gasteiger charge is 2.58. The van der Waals surface area contributed by atoms with E-state index in [0.717, 1.165) is 37.4 Å². The zero-order valence-electron chi connectivity index (χ0n) is 19.2. The molecule has 2 atom stereocenters. The Morgan fingerprint density at radius 2 is 1.79 bits per heavy atom. The molecule has 7 heteroatoms. The molecule has 5 heterocycles. The van der Waals surface area contributed by atoms with E-state index < -0.39 is 5.60 Å². The molecule has 2 aromatic rings. The Morgan fingerprint density at radius 1 is 1.03 bits per heavy atom. The van der Waals surface area contributed by atoms with Crippen molar-refractivity contribution in [3.8, 4) is 0 Å². The van der Waals surface area contributed by atoms with Crippen molar-refractivity contribution in [3.05, 3.63) is 59.3 Å². The van der Waals surface area contributed by atoms with Gasteiger partial charge in [-0.25, -0.2) is 4.98 Å². The van der Waals surface area contributed by atoms with Crippen LogP contribution in [0, 0.1) is 0 Å². The molecular weight excluding hydrogens is 416 g/mol. The maximum Gasteiger partial charge on any atom is 0.257 e. The SMILES string of the molecule is CC(C)N1Cc2nc(N3CCC4(CC3)O[C@@H]3CC[C@@H](c5ccccc5)N3C4=O)ccc2C1=O. The lowest BCUT2D eigenvalue weighted by Gasteiger charge is -2.38. The van der Waals surface area contributed by atoms with Crippen molar-refractivity contribution in [1.29, 1.82) is 0 Å². The minimum Gasteiger partial charge on any atom is -0.356 e. The summed E-state index contributed by atoms with van der Waals surface area (Å²) in [5.74, 6) is 1.10. The number of fused-ring (bicyclic) bond motifs is 2. The molecule has 0 saturated carbocycles. The average molecular weight is 447 g/mol. The lowest BCUT2D eigenvalue weighted by atomic mass is 9.89. The van der Waals surface area contributed by atoms with E-state index in [9.17, 15) is 9.59 Å². The molecule has 1 spiro atoms. The molecule has 4 aliphatic rings. The summed E-state index contributed by atoms with van der Waals surface area (Å²) in [4.78, 5) is 37.1. The summed E-state index contributed by atoms with van der Waals surface area (Å²) in [6.07, 6.45) is 3.06. The molecule has 172 valence electrons. The Bertz CT molecular complexity index is 1090. The highest BCUT2D eigenvalue weighted by Crippen LogP contribution is 2.47. The Morgan fingerprint density at radius 3 is 2.52 bits per heavy atom. The molecule has 2 amide bonds. The number of pyridine rings is 1. The quantitative estimate of drug-likeness (QED) is 0.722. The summed E-state index contributed by atoms with van der Waals surface area (Å²) >= 11 is 0. The first kappa shape index (κ1) is 20.7. The van der Waals surface area contributed by atoms with Crippen LogP contribution >= 0.6 is 0 Å². The summed E-state index contributed by atoms with van der Waals surface area (Å²) < 4.78 is 6.47. The molecule has 4 aliphatic heterocycles. The van der Waals surface area contributed by atoms with Gasteiger partial charge in [-0.05, 0) is 44.4 Å². The van der Waals surface area contributed by atoms with Crippen molar-refractivity contribution in [2.45, 2.75) is 70.0 Å². The van der Waals surface area contributed by atoms with Gasteiger partial charge in [-0.2, -0.15) is 0 Å². The van der Waals surface area contributed by atoms with Gasteiger partial charge in [-0.1, -0.05) is 30.3 Å². The number of ether oxygens (including phenoxy) is 1. The molecule has 3 fully saturated rings. The van der Waals surface area contributed by atoms with Crippen molar-refractivity contribution < 1.29 is 14.3 Å². The van der Waals surface area contributed by atoms with Gasteiger partial charge in [0.1, 0.15) is 12.0 Å². The van der Waals surface area contributed by atoms with Crippen LogP contribution in [0.3, 0.4) is 0 Å². The average Bonchev–Trinajstić information content (AvgIpc) is 3.47. The van der Waals surface area contributed by atoms with Crippen LogP contribution in [0.2, 0.25) is 0 Å². The molecule has 0 unspecified atom stereocenters. The fourth-order valence-corrected chi connectivity index (χ4v) is 5.93. The van der Waals surface area contributed by atoms with Gasteiger partial charge in [-0.15, -0.1) is 0 Å². The molecule has 33 heavy (non-hydrogen) atoms. The number of hydrogen-bond donors (Lipinski definition) is 0. The van der Waals surface area contributed by atoms with Crippen molar-refractivity contribution in [2.24, 2.45) is 0 Å². The molecule has 6 rings (SSSR count). The first-order valence-corrected chi connectivity index (χ1v) is 12.1. The van der Waals surface area contributed by atoms with E-state index in [1.807, 2.05) is 54.0 Å². The Hall–Kier alpha value is -2.93. The second-order valence-electron chi connectivity index (χ2n) is 9.96. The molecule has 1 aromatic carbocycles. The molecule has 0 N–H and O–H groups in total. The summed E-state index contributed by atoms with van der Waals surface area (Å²) in [5.41, 5.74) is 2.04. The second-order valence-corrected chi connectivity index (χ2v) is 9.96. The third-order valence-electron chi connectivity index (χ3n) is 7.79. The summed E-state index contributed by atoms with van der Waals surface area (Å²) in [5, 5.41) is 0. The van der Waals surface area contributed by atoms with Gasteiger partial charge in [0.25, 0.3) is 11.8 Å². The third kappa shape index (κ3) is 3.16. The topological polar surface area (TPSA) is 66.0 Å². The van der Waals surface area contributed by atoms with Gasteiger partial charge in [0.15, 0.2) is 5.60 Å². The smallest absolute Gasteiger partial charge is 0.257 e. The minimum absolute atomic E-state index is 0.0650. The van der Waals surface area contributed by atoms with Gasteiger partial charge in [0.2, 0.25) is 0 Å². The molecular formula is C26H30N4O3. The van der Waals surface area contributed by atoms with Crippen molar-refractivity contribution in [3.63, 3.8) is 0 Å². The number of aromatic nitrogens is 1. The van der Waals surface area contributed by atoms with Crippen LogP contribution in [0.4, 0.5) is 5.82 Å². The zero-order valence-corrected chi connectivity index (χ0v) is 19.2. The van der Waals surface area contributed by atoms with E-state index in [0.29, 0.717) is 24.9 Å². The van der Waals surface area contributed by atoms with E-state index in [4.69, 9.17) is 9.72 Å². The molecule has 1 aromatic heterocycles. The molecule has 0 bridgehead atoms. The zero-order chi connectivity index (χ0) is 22.7. The standard InChI is InChI=1S/C26H30N4O3/c1-17(2)29-16-20-19(24(29)31)8-10-22(27-20)28-14-12-26(13-15-28)25(32)30-21(9-11-23(30)33-26)18-6-4-3-5-7-18/h3-8,10,17,21,23H,9,11-16H2,1-2H3/t21-,23+/m0/s1. The van der Waals surface area contributed by atoms with Gasteiger partial charge in [0, 0.05) is 32.0 Å². The maximum atomic E-state index is 13.6. The summed E-state index contributed by atoms with van der Waals surface area (Å²) in [6.45, 7) is 6.06. The van der Waals surface area contributed by atoms with Crippen LogP contribution in [0.25, 0.3) is 0 Å². The first-order valence-electron chi connectivity index (χ1n) is 12.1. The minimum atomic E-state index is -0.713. The number of carbonyl (C=O) groups excluding carboxylic acids is 2. The highest BCUT2D eigenvalue weighted by molar-refractivity contribution is 5.98. The highest BCUT2D eigenvalue weighted by atomic mass is 16.6. The number of nitrogens with zero attached hydrogens (tertiary/aromatic N) is 4. The van der Waals surface area contributed by atoms with E-state index in [1.54, 1.807) is 0 Å². The monoisotopic (exact) mass is 446 g/mol. The Labute approximate surface area is 194 Å². The number of piperidine rings is 1. The summed E-state index contributed by atoms with van der Waals surface area (Å²) in [7, 11) is 0. The van der Waals surface area contributed by atoms with E-state index in [1.165, 1.54) is 5.56 Å². The van der Waals surface area contributed by atoms with Crippen LogP contribution in [-0.4, -0.2) is 57.6 Å². The van der Waals surface area contributed by atoms with Crippen LogP contribution < -0.4 is 4.90 Å². The van der Waals surface area contributed by atoms with Crippen LogP contribution in [0.5, 0.6) is 0 Å². The largest absolute Gasteiger partial charge is 0.356 e. The summed E-state index contributed by atoms with van der Waals surface area (Å²) in [6, 6.07) is 14.4. The maximum absolute atomic E-state index is 13.6. The van der Waals surface area contributed by atoms with Gasteiger partial charge >= 0.3 is 0 Å². The fraction of sp³-hybridized carbons (Fsp3) is 0.500. The lowest BCUT2D eigenvalue weighted by molar-refractivity contribution is -0.140. The Balaban J connectivity index is 1.17. The number of amides is 2. The molecule has 7 nitrogen and oxygen atoms in total. The fourth-order valence-electron chi connectivity index (χ4n) is 5.93. The van der Waals surface area contributed by atoms with Gasteiger partial charge in [0.05, 0.1) is 23.8 Å². The predicted molar refractivity (Wildman–Crippen MR) is 124 cm³/mol. The van der Waals surface area contributed by atoms with E-state index >= 15 is 0 Å². The number of carbonyl (C=O) groups is 2. The number of benzene rings is 1. The molecule has 0 radical (unpaired) electrons. The lowest BCUT2D eigenvalue weighted by Crippen LogP contribution is -2.50. The van der Waals surface area contributed by atoms with Crippen LogP contribution in [0.1, 0.15) is 67.2 Å². The normalized spacial score (nSPS) is 26.0. The van der Waals surface area contributed by atoms with Crippen LogP contribution in [0.15, 0.2) is 42.5 Å². The van der Waals surface area contributed by atoms with Crippen molar-refractivity contribution >= 4 is 17.6 Å². The van der Waals surface area contributed by atoms with E-state index in [2.05, 4.69) is 17.0 Å². The Kier molecular flexibility index (Phi) is 4.73. The van der Waals surface area contributed by atoms with Crippen molar-refractivity contribution in [2.75, 3.05) is 18.0 Å². The van der Waals surface area contributed by atoms with E-state index in [-0.39, 0.29) is 30.1 Å². The number of hydrogen-bond acceptors (Lipinski definition) is 5. The number of anilines is 1. The number of rotatable bonds is 3. The van der Waals surface area contributed by atoms with Gasteiger partial charge < -0.3 is 19.4 Å². The van der Waals surface area contributed by atoms with Crippen molar-refractivity contribution in [1.82, 2.24) is 14.8 Å². The predicted octanol–water partition coefficient (Wildman–Crippen LogP) is 3.50. The molecule has 3 saturated heterocycles.